The molecule has 2 aliphatic rings. The smallest absolute Gasteiger partial charge is 0.326 e. The van der Waals surface area contributed by atoms with Crippen molar-refractivity contribution in [2.75, 3.05) is 0 Å². The molecule has 7 nitrogen and oxygen atoms in total. The molecule has 1 saturated carbocycles. The molecule has 25 heavy (non-hydrogen) atoms. The van der Waals surface area contributed by atoms with Crippen molar-refractivity contribution in [3.63, 3.8) is 0 Å². The Kier molecular flexibility index (Phi) is 3.74. The minimum absolute atomic E-state index is 0.0169. The van der Waals surface area contributed by atoms with Gasteiger partial charge < -0.3 is 10.0 Å². The minimum Gasteiger partial charge on any atom is -0.480 e. The number of carbonyl (C=O) groups excluding carboxylic acids is 1. The summed E-state index contributed by atoms with van der Waals surface area (Å²) in [7, 11) is 0. The van der Waals surface area contributed by atoms with Gasteiger partial charge in [0.1, 0.15) is 11.6 Å². The highest BCUT2D eigenvalue weighted by Gasteiger charge is 2.48. The second-order valence-electron chi connectivity index (χ2n) is 7.25. The number of carboxylic acids is 1. The lowest BCUT2D eigenvalue weighted by atomic mass is 9.84. The molecule has 0 radical (unpaired) electrons. The first-order chi connectivity index (χ1) is 12.0. The van der Waals surface area contributed by atoms with Gasteiger partial charge in [-0.3, -0.25) is 4.79 Å². The Labute approximate surface area is 145 Å². The lowest BCUT2D eigenvalue weighted by molar-refractivity contribution is -0.141. The molecule has 2 fully saturated rings. The fourth-order valence-electron chi connectivity index (χ4n) is 4.53. The number of hydrogen-bond donors (Lipinski definition) is 1. The molecule has 2 aromatic rings. The topological polar surface area (TPSA) is 87.8 Å². The first kappa shape index (κ1) is 16.1. The van der Waals surface area contributed by atoms with E-state index < -0.39 is 12.0 Å². The average molecular weight is 342 g/mol. The SMILES string of the molecule is Cc1cc(C)n2ncc(C(=O)N3[C@@H]4CCCC[C@@H]4C[C@H]3C(=O)O)c2n1. The Morgan fingerprint density at radius 1 is 1.24 bits per heavy atom. The Bertz CT molecular complexity index is 859. The highest BCUT2D eigenvalue weighted by Crippen LogP contribution is 2.40. The molecule has 0 unspecified atom stereocenters. The number of aryl methyl sites for hydroxylation is 2. The normalized spacial score (nSPS) is 26.0. The van der Waals surface area contributed by atoms with Crippen molar-refractivity contribution in [2.24, 2.45) is 5.92 Å². The van der Waals surface area contributed by atoms with Crippen LogP contribution in [0.25, 0.3) is 5.65 Å². The van der Waals surface area contributed by atoms with Gasteiger partial charge in [0.15, 0.2) is 5.65 Å². The van der Waals surface area contributed by atoms with E-state index in [2.05, 4.69) is 10.1 Å². The fourth-order valence-corrected chi connectivity index (χ4v) is 4.53. The molecular formula is C18H22N4O3. The number of rotatable bonds is 2. The van der Waals surface area contributed by atoms with Gasteiger partial charge in [0.05, 0.1) is 6.20 Å². The van der Waals surface area contributed by atoms with Crippen LogP contribution in [0, 0.1) is 19.8 Å². The van der Waals surface area contributed by atoms with Crippen LogP contribution in [0.15, 0.2) is 12.3 Å². The van der Waals surface area contributed by atoms with Crippen molar-refractivity contribution < 1.29 is 14.7 Å². The molecule has 1 N–H and O–H groups in total. The molecule has 4 rings (SSSR count). The van der Waals surface area contributed by atoms with E-state index in [9.17, 15) is 14.7 Å². The molecule has 1 amide bonds. The molecule has 1 aliphatic carbocycles. The fraction of sp³-hybridized carbons (Fsp3) is 0.556. The first-order valence-electron chi connectivity index (χ1n) is 8.85. The maximum Gasteiger partial charge on any atom is 0.326 e. The average Bonchev–Trinajstić information content (AvgIpc) is 3.15. The first-order valence-corrected chi connectivity index (χ1v) is 8.85. The number of hydrogen-bond acceptors (Lipinski definition) is 4. The van der Waals surface area contributed by atoms with Gasteiger partial charge in [0.2, 0.25) is 0 Å². The Balaban J connectivity index is 1.77. The van der Waals surface area contributed by atoms with Crippen molar-refractivity contribution >= 4 is 17.5 Å². The second kappa shape index (κ2) is 5.82. The predicted octanol–water partition coefficient (Wildman–Crippen LogP) is 2.20. The van der Waals surface area contributed by atoms with Gasteiger partial charge in [-0.1, -0.05) is 12.8 Å². The van der Waals surface area contributed by atoms with E-state index in [0.29, 0.717) is 17.6 Å². The molecule has 7 heteroatoms. The van der Waals surface area contributed by atoms with Crippen molar-refractivity contribution in [1.29, 1.82) is 0 Å². The second-order valence-corrected chi connectivity index (χ2v) is 7.25. The molecule has 3 heterocycles. The van der Waals surface area contributed by atoms with Gasteiger partial charge in [-0.05, 0) is 45.1 Å². The van der Waals surface area contributed by atoms with E-state index in [4.69, 9.17) is 0 Å². The predicted molar refractivity (Wildman–Crippen MR) is 90.4 cm³/mol. The number of carboxylic acid groups (broad SMARTS) is 1. The lowest BCUT2D eigenvalue weighted by Gasteiger charge is -2.32. The maximum absolute atomic E-state index is 13.3. The standard InChI is InChI=1S/C18H22N4O3/c1-10-7-11(2)22-16(20-10)13(9-19-22)17(23)21-14-6-4-3-5-12(14)8-15(21)18(24)25/h7,9,12,14-15H,3-6,8H2,1-2H3,(H,24,25)/t12-,14-,15+/m1/s1. The summed E-state index contributed by atoms with van der Waals surface area (Å²) in [5.74, 6) is -0.883. The molecular weight excluding hydrogens is 320 g/mol. The van der Waals surface area contributed by atoms with E-state index in [1.807, 2.05) is 19.9 Å². The van der Waals surface area contributed by atoms with E-state index >= 15 is 0 Å². The lowest BCUT2D eigenvalue weighted by Crippen LogP contribution is -2.46. The molecule has 1 aliphatic heterocycles. The molecule has 3 atom stereocenters. The maximum atomic E-state index is 13.3. The van der Waals surface area contributed by atoms with E-state index in [0.717, 1.165) is 37.1 Å². The van der Waals surface area contributed by atoms with Crippen LogP contribution in [0.2, 0.25) is 0 Å². The zero-order valence-electron chi connectivity index (χ0n) is 14.5. The summed E-state index contributed by atoms with van der Waals surface area (Å²) in [6, 6.07) is 1.17. The van der Waals surface area contributed by atoms with E-state index in [-0.39, 0.29) is 17.9 Å². The molecule has 132 valence electrons. The van der Waals surface area contributed by atoms with E-state index in [1.54, 1.807) is 9.42 Å². The van der Waals surface area contributed by atoms with Crippen LogP contribution >= 0.6 is 0 Å². The summed E-state index contributed by atoms with van der Waals surface area (Å²) in [6.07, 6.45) is 6.12. The highest BCUT2D eigenvalue weighted by molar-refractivity contribution is 6.01. The Hall–Kier alpha value is -2.44. The van der Waals surface area contributed by atoms with Crippen molar-refractivity contribution in [3.8, 4) is 0 Å². The quantitative estimate of drug-likeness (QED) is 0.904. The number of fused-ring (bicyclic) bond motifs is 2. The van der Waals surface area contributed by atoms with Gasteiger partial charge >= 0.3 is 5.97 Å². The van der Waals surface area contributed by atoms with E-state index in [1.165, 1.54) is 6.20 Å². The van der Waals surface area contributed by atoms with Crippen LogP contribution < -0.4 is 0 Å². The largest absolute Gasteiger partial charge is 0.480 e. The summed E-state index contributed by atoms with van der Waals surface area (Å²) in [5.41, 5.74) is 2.61. The zero-order chi connectivity index (χ0) is 17.7. The van der Waals surface area contributed by atoms with Gasteiger partial charge in [0.25, 0.3) is 5.91 Å². The van der Waals surface area contributed by atoms with Gasteiger partial charge in [0, 0.05) is 17.4 Å². The zero-order valence-corrected chi connectivity index (χ0v) is 14.5. The number of aliphatic carboxylic acids is 1. The minimum atomic E-state index is -0.917. The summed E-state index contributed by atoms with van der Waals surface area (Å²) < 4.78 is 1.64. The number of amides is 1. The molecule has 2 aromatic heterocycles. The van der Waals surface area contributed by atoms with Crippen LogP contribution in [0.4, 0.5) is 0 Å². The van der Waals surface area contributed by atoms with Crippen LogP contribution in [0.3, 0.4) is 0 Å². The third-order valence-electron chi connectivity index (χ3n) is 5.62. The number of aromatic nitrogens is 3. The molecule has 0 aromatic carbocycles. The number of carbonyl (C=O) groups is 2. The van der Waals surface area contributed by atoms with Crippen LogP contribution in [-0.2, 0) is 4.79 Å². The number of nitrogens with zero attached hydrogens (tertiary/aromatic N) is 4. The van der Waals surface area contributed by atoms with Crippen LogP contribution in [0.1, 0.15) is 53.8 Å². The Morgan fingerprint density at radius 2 is 2.00 bits per heavy atom. The Morgan fingerprint density at radius 3 is 2.76 bits per heavy atom. The van der Waals surface area contributed by atoms with Crippen molar-refractivity contribution in [3.05, 3.63) is 29.2 Å². The molecule has 1 saturated heterocycles. The van der Waals surface area contributed by atoms with Crippen LogP contribution in [-0.4, -0.2) is 48.6 Å². The highest BCUT2D eigenvalue weighted by atomic mass is 16.4. The summed E-state index contributed by atoms with van der Waals surface area (Å²) in [4.78, 5) is 31.1. The molecule has 0 bridgehead atoms. The summed E-state index contributed by atoms with van der Waals surface area (Å²) in [6.45, 7) is 3.79. The van der Waals surface area contributed by atoms with Gasteiger partial charge in [-0.15, -0.1) is 0 Å². The van der Waals surface area contributed by atoms with Gasteiger partial charge in [-0.2, -0.15) is 5.10 Å². The van der Waals surface area contributed by atoms with Gasteiger partial charge in [-0.25, -0.2) is 14.3 Å². The summed E-state index contributed by atoms with van der Waals surface area (Å²) in [5, 5.41) is 13.9. The number of likely N-dealkylation sites (tertiary alicyclic amines) is 1. The van der Waals surface area contributed by atoms with Crippen molar-refractivity contribution in [2.45, 2.75) is 58.0 Å². The third kappa shape index (κ3) is 2.49. The third-order valence-corrected chi connectivity index (χ3v) is 5.62. The monoisotopic (exact) mass is 342 g/mol. The summed E-state index contributed by atoms with van der Waals surface area (Å²) >= 11 is 0. The van der Waals surface area contributed by atoms with Crippen LogP contribution in [0.5, 0.6) is 0 Å². The molecule has 0 spiro atoms. The van der Waals surface area contributed by atoms with Crippen molar-refractivity contribution in [1.82, 2.24) is 19.5 Å².